The highest BCUT2D eigenvalue weighted by Gasteiger charge is 2.28. The largest absolute Gasteiger partial charge is 0.422 e. The molecule has 6 nitrogen and oxygen atoms in total. The lowest BCUT2D eigenvalue weighted by atomic mass is 9.82. The molecule has 1 unspecified atom stereocenters. The van der Waals surface area contributed by atoms with Gasteiger partial charge in [-0.25, -0.2) is 9.79 Å². The van der Waals surface area contributed by atoms with Crippen molar-refractivity contribution in [3.8, 4) is 0 Å². The molecular weight excluding hydrogens is 356 g/mol. The number of nitrogens with zero attached hydrogens (tertiary/aromatic N) is 1. The third kappa shape index (κ3) is 3.24. The number of amides is 2. The fraction of sp³-hybridized carbons (Fsp3) is 0.182. The van der Waals surface area contributed by atoms with Gasteiger partial charge in [0.25, 0.3) is 5.91 Å². The van der Waals surface area contributed by atoms with Crippen molar-refractivity contribution in [3.05, 3.63) is 81.9 Å². The second-order valence-corrected chi connectivity index (χ2v) is 7.05. The molecule has 1 aromatic heterocycles. The molecule has 0 bridgehead atoms. The van der Waals surface area contributed by atoms with Crippen LogP contribution in [0.3, 0.4) is 0 Å². The van der Waals surface area contributed by atoms with Crippen molar-refractivity contribution in [1.29, 1.82) is 0 Å². The molecule has 28 heavy (non-hydrogen) atoms. The van der Waals surface area contributed by atoms with E-state index >= 15 is 0 Å². The Balaban J connectivity index is 1.68. The van der Waals surface area contributed by atoms with Crippen LogP contribution in [0.5, 0.6) is 0 Å². The van der Waals surface area contributed by atoms with Crippen LogP contribution in [0.4, 0.5) is 0 Å². The highest BCUT2D eigenvalue weighted by atomic mass is 16.4. The minimum absolute atomic E-state index is 0.0440. The predicted molar refractivity (Wildman–Crippen MR) is 106 cm³/mol. The lowest BCUT2D eigenvalue weighted by Gasteiger charge is -2.29. The third-order valence-electron chi connectivity index (χ3n) is 4.79. The molecule has 0 fully saturated rings. The molecule has 1 aliphatic heterocycles. The summed E-state index contributed by atoms with van der Waals surface area (Å²) in [7, 11) is 0. The van der Waals surface area contributed by atoms with E-state index in [1.807, 2.05) is 19.9 Å². The number of carbonyl (C=O) groups is 2. The van der Waals surface area contributed by atoms with E-state index in [9.17, 15) is 14.4 Å². The molecule has 6 heteroatoms. The van der Waals surface area contributed by atoms with Gasteiger partial charge in [-0.3, -0.25) is 9.59 Å². The summed E-state index contributed by atoms with van der Waals surface area (Å²) in [6.45, 7) is 4.06. The third-order valence-corrected chi connectivity index (χ3v) is 4.79. The van der Waals surface area contributed by atoms with Gasteiger partial charge < -0.3 is 9.73 Å². The smallest absolute Gasteiger partial charge is 0.349 e. The second kappa shape index (κ2) is 6.88. The molecule has 2 aliphatic rings. The number of carbonyl (C=O) groups excluding carboxylic acids is 2. The standard InChI is InChI=1S/C22H18N2O4/c1-12(2)16-11-20(25)24-18-10-14(7-8-15(16)18)23-21(26)17-9-13-5-3-4-6-19(13)28-22(17)27/h3-12,15H,1-2H3,(H,24,25). The van der Waals surface area contributed by atoms with Gasteiger partial charge >= 0.3 is 5.63 Å². The summed E-state index contributed by atoms with van der Waals surface area (Å²) < 4.78 is 5.20. The Labute approximate surface area is 161 Å². The van der Waals surface area contributed by atoms with E-state index in [1.54, 1.807) is 42.5 Å². The molecule has 4 rings (SSSR count). The van der Waals surface area contributed by atoms with Crippen molar-refractivity contribution < 1.29 is 14.0 Å². The highest BCUT2D eigenvalue weighted by Crippen LogP contribution is 2.31. The molecule has 2 heterocycles. The topological polar surface area (TPSA) is 88.7 Å². The van der Waals surface area contributed by atoms with Crippen LogP contribution < -0.4 is 10.9 Å². The van der Waals surface area contributed by atoms with Gasteiger partial charge in [0.2, 0.25) is 5.91 Å². The fourth-order valence-electron chi connectivity index (χ4n) is 3.40. The van der Waals surface area contributed by atoms with E-state index in [-0.39, 0.29) is 23.3 Å². The van der Waals surface area contributed by atoms with Crippen molar-refractivity contribution in [1.82, 2.24) is 5.32 Å². The molecule has 0 saturated carbocycles. The van der Waals surface area contributed by atoms with E-state index in [4.69, 9.17) is 4.42 Å². The number of fused-ring (bicyclic) bond motifs is 2. The van der Waals surface area contributed by atoms with Gasteiger partial charge in [0.05, 0.1) is 5.71 Å². The Morgan fingerprint density at radius 1 is 1.18 bits per heavy atom. The average Bonchev–Trinajstić information content (AvgIpc) is 2.66. The van der Waals surface area contributed by atoms with Crippen LogP contribution in [-0.2, 0) is 4.79 Å². The Morgan fingerprint density at radius 3 is 2.75 bits per heavy atom. The van der Waals surface area contributed by atoms with Crippen LogP contribution in [-0.4, -0.2) is 17.5 Å². The lowest BCUT2D eigenvalue weighted by molar-refractivity contribution is -0.116. The number of hydrogen-bond donors (Lipinski definition) is 1. The first-order chi connectivity index (χ1) is 13.4. The van der Waals surface area contributed by atoms with Gasteiger partial charge in [0, 0.05) is 23.1 Å². The Bertz CT molecular complexity index is 1180. The summed E-state index contributed by atoms with van der Waals surface area (Å²) in [6, 6.07) is 8.45. The molecule has 140 valence electrons. The maximum atomic E-state index is 12.6. The summed E-state index contributed by atoms with van der Waals surface area (Å²) in [5.41, 5.74) is 1.61. The van der Waals surface area contributed by atoms with Gasteiger partial charge in [-0.1, -0.05) is 38.1 Å². The monoisotopic (exact) mass is 374 g/mol. The molecule has 1 aromatic carbocycles. The molecular formula is C22H18N2O4. The molecule has 0 radical (unpaired) electrons. The van der Waals surface area contributed by atoms with E-state index in [1.165, 1.54) is 6.07 Å². The summed E-state index contributed by atoms with van der Waals surface area (Å²) in [5.74, 6) is -0.706. The van der Waals surface area contributed by atoms with Crippen LogP contribution >= 0.6 is 0 Å². The minimum Gasteiger partial charge on any atom is -0.422 e. The Kier molecular flexibility index (Phi) is 4.39. The number of rotatable bonds is 2. The zero-order valence-electron chi connectivity index (χ0n) is 15.4. The lowest BCUT2D eigenvalue weighted by Crippen LogP contribution is -2.34. The summed E-state index contributed by atoms with van der Waals surface area (Å²) in [6.07, 6.45) is 6.90. The van der Waals surface area contributed by atoms with E-state index in [2.05, 4.69) is 10.3 Å². The molecule has 0 spiro atoms. The zero-order chi connectivity index (χ0) is 19.8. The normalized spacial score (nSPS) is 20.0. The molecule has 1 aliphatic carbocycles. The molecule has 0 saturated heterocycles. The molecule has 1 N–H and O–H groups in total. The zero-order valence-corrected chi connectivity index (χ0v) is 15.4. The van der Waals surface area contributed by atoms with E-state index in [0.717, 1.165) is 5.57 Å². The van der Waals surface area contributed by atoms with E-state index < -0.39 is 11.5 Å². The van der Waals surface area contributed by atoms with Crippen LogP contribution in [0.1, 0.15) is 24.2 Å². The van der Waals surface area contributed by atoms with Crippen molar-refractivity contribution in [2.24, 2.45) is 16.8 Å². The van der Waals surface area contributed by atoms with Crippen molar-refractivity contribution >= 4 is 28.5 Å². The predicted octanol–water partition coefficient (Wildman–Crippen LogP) is 3.16. The van der Waals surface area contributed by atoms with Crippen LogP contribution in [0, 0.1) is 11.8 Å². The second-order valence-electron chi connectivity index (χ2n) is 7.05. The van der Waals surface area contributed by atoms with Crippen molar-refractivity contribution in [2.75, 3.05) is 0 Å². The van der Waals surface area contributed by atoms with Gasteiger partial charge in [-0.05, 0) is 35.8 Å². The first-order valence-electron chi connectivity index (χ1n) is 9.00. The van der Waals surface area contributed by atoms with Crippen molar-refractivity contribution in [3.63, 3.8) is 0 Å². The van der Waals surface area contributed by atoms with Crippen LogP contribution in [0.2, 0.25) is 0 Å². The number of benzene rings is 1. The van der Waals surface area contributed by atoms with Gasteiger partial charge in [0.1, 0.15) is 11.1 Å². The minimum atomic E-state index is -0.727. The first-order valence-corrected chi connectivity index (χ1v) is 9.00. The quantitative estimate of drug-likeness (QED) is 0.818. The number of aliphatic imine (C=N–C) groups is 1. The first kappa shape index (κ1) is 17.9. The summed E-state index contributed by atoms with van der Waals surface area (Å²) >= 11 is 0. The number of para-hydroxylation sites is 1. The average molecular weight is 374 g/mol. The van der Waals surface area contributed by atoms with Crippen molar-refractivity contribution in [2.45, 2.75) is 13.8 Å². The maximum absolute atomic E-state index is 12.6. The van der Waals surface area contributed by atoms with Crippen LogP contribution in [0.15, 0.2) is 80.1 Å². The number of hydrogen-bond acceptors (Lipinski definition) is 4. The molecule has 1 atom stereocenters. The molecule has 2 amide bonds. The summed E-state index contributed by atoms with van der Waals surface area (Å²) in [5, 5.41) is 3.45. The molecule has 2 aromatic rings. The van der Waals surface area contributed by atoms with Gasteiger partial charge in [0.15, 0.2) is 0 Å². The Hall–Kier alpha value is -3.54. The maximum Gasteiger partial charge on any atom is 0.349 e. The Morgan fingerprint density at radius 2 is 1.96 bits per heavy atom. The summed E-state index contributed by atoms with van der Waals surface area (Å²) in [4.78, 5) is 40.7. The van der Waals surface area contributed by atoms with Gasteiger partial charge in [-0.15, -0.1) is 0 Å². The highest BCUT2D eigenvalue weighted by molar-refractivity contribution is 6.14. The van der Waals surface area contributed by atoms with Crippen LogP contribution in [0.25, 0.3) is 11.0 Å². The fourth-order valence-corrected chi connectivity index (χ4v) is 3.40. The number of allylic oxidation sites excluding steroid dienone is 3. The van der Waals surface area contributed by atoms with E-state index in [0.29, 0.717) is 22.4 Å². The van der Waals surface area contributed by atoms with Gasteiger partial charge in [-0.2, -0.15) is 0 Å². The SMILES string of the molecule is CC(C)C1=CC(=O)NC2=CC(=NC(=O)c3cc4ccccc4oc3=O)C=CC21. The number of nitrogens with one attached hydrogen (secondary N) is 1.